The lowest BCUT2D eigenvalue weighted by Crippen LogP contribution is -2.41. The largest absolute Gasteiger partial charge is 0.480 e. The summed E-state index contributed by atoms with van der Waals surface area (Å²) in [4.78, 5) is 23.5. The second-order valence-corrected chi connectivity index (χ2v) is 6.12. The number of aromatic nitrogens is 2. The van der Waals surface area contributed by atoms with Crippen molar-refractivity contribution in [2.75, 3.05) is 0 Å². The first-order valence-corrected chi connectivity index (χ1v) is 7.80. The first-order valence-electron chi connectivity index (χ1n) is 7.80. The van der Waals surface area contributed by atoms with Crippen molar-refractivity contribution in [2.24, 2.45) is 5.92 Å². The summed E-state index contributed by atoms with van der Waals surface area (Å²) in [5.74, 6) is -1.53. The van der Waals surface area contributed by atoms with Crippen molar-refractivity contribution < 1.29 is 19.1 Å². The Kier molecular flexibility index (Phi) is 4.33. The number of halogens is 1. The molecule has 0 bridgehead atoms. The van der Waals surface area contributed by atoms with Crippen molar-refractivity contribution in [1.82, 2.24) is 15.1 Å². The molecule has 3 rings (SSSR count). The summed E-state index contributed by atoms with van der Waals surface area (Å²) < 4.78 is 14.6. The first-order chi connectivity index (χ1) is 11.4. The third-order valence-corrected chi connectivity index (χ3v) is 4.10. The van der Waals surface area contributed by atoms with Crippen LogP contribution in [-0.2, 0) is 4.79 Å². The number of hydrogen-bond donors (Lipinski definition) is 2. The van der Waals surface area contributed by atoms with Crippen molar-refractivity contribution in [3.63, 3.8) is 0 Å². The second-order valence-electron chi connectivity index (χ2n) is 6.12. The van der Waals surface area contributed by atoms with Crippen LogP contribution in [0.1, 0.15) is 35.3 Å². The molecule has 1 aliphatic carbocycles. The van der Waals surface area contributed by atoms with Crippen molar-refractivity contribution in [3.05, 3.63) is 47.5 Å². The zero-order valence-corrected chi connectivity index (χ0v) is 13.2. The topological polar surface area (TPSA) is 84.2 Å². The van der Waals surface area contributed by atoms with Gasteiger partial charge in [0, 0.05) is 6.20 Å². The van der Waals surface area contributed by atoms with E-state index in [0.717, 1.165) is 12.8 Å². The Labute approximate surface area is 138 Å². The minimum absolute atomic E-state index is 0.126. The van der Waals surface area contributed by atoms with Crippen molar-refractivity contribution in [2.45, 2.75) is 32.2 Å². The number of benzene rings is 1. The molecule has 0 saturated heterocycles. The predicted octanol–water partition coefficient (Wildman–Crippen LogP) is 2.30. The minimum atomic E-state index is -1.04. The zero-order chi connectivity index (χ0) is 17.3. The fourth-order valence-electron chi connectivity index (χ4n) is 2.60. The van der Waals surface area contributed by atoms with Crippen LogP contribution < -0.4 is 5.32 Å². The molecule has 1 amide bonds. The molecule has 24 heavy (non-hydrogen) atoms. The number of nitrogens with zero attached hydrogens (tertiary/aromatic N) is 2. The van der Waals surface area contributed by atoms with Gasteiger partial charge in [-0.1, -0.05) is 12.8 Å². The number of carboxylic acid groups (broad SMARTS) is 1. The van der Waals surface area contributed by atoms with Crippen LogP contribution in [0, 0.1) is 18.7 Å². The van der Waals surface area contributed by atoms with Crippen LogP contribution in [0.4, 0.5) is 4.39 Å². The van der Waals surface area contributed by atoms with Gasteiger partial charge in [-0.3, -0.25) is 4.79 Å². The fourth-order valence-corrected chi connectivity index (χ4v) is 2.60. The van der Waals surface area contributed by atoms with Crippen LogP contribution in [0.15, 0.2) is 30.5 Å². The summed E-state index contributed by atoms with van der Waals surface area (Å²) in [6, 6.07) is 4.88. The Morgan fingerprint density at radius 2 is 2.17 bits per heavy atom. The average Bonchev–Trinajstić information content (AvgIpc) is 3.20. The number of aryl methyl sites for hydroxylation is 1. The summed E-state index contributed by atoms with van der Waals surface area (Å²) in [6.45, 7) is 1.75. The van der Waals surface area contributed by atoms with E-state index < -0.39 is 17.9 Å². The maximum Gasteiger partial charge on any atom is 0.326 e. The Balaban J connectivity index is 1.74. The molecule has 126 valence electrons. The summed E-state index contributed by atoms with van der Waals surface area (Å²) in [6.07, 6.45) is 4.06. The Morgan fingerprint density at radius 1 is 1.42 bits per heavy atom. The zero-order valence-electron chi connectivity index (χ0n) is 13.2. The van der Waals surface area contributed by atoms with Crippen LogP contribution in [0.3, 0.4) is 0 Å². The van der Waals surface area contributed by atoms with E-state index in [-0.39, 0.29) is 11.5 Å². The standard InChI is InChI=1S/C17H18FN3O3/c1-10-8-12(18)4-5-15(10)21-7-6-13(20-21)16(22)19-14(17(23)24)9-11-2-3-11/h4-8,11,14H,2-3,9H2,1H3,(H,19,22)(H,23,24). The van der Waals surface area contributed by atoms with Gasteiger partial charge in [0.1, 0.15) is 11.9 Å². The van der Waals surface area contributed by atoms with Crippen LogP contribution in [0.25, 0.3) is 5.69 Å². The Bertz CT molecular complexity index is 783. The molecule has 0 aliphatic heterocycles. The highest BCUT2D eigenvalue weighted by Gasteiger charge is 2.30. The van der Waals surface area contributed by atoms with E-state index in [9.17, 15) is 19.1 Å². The SMILES string of the molecule is Cc1cc(F)ccc1-n1ccc(C(=O)NC(CC2CC2)C(=O)O)n1. The molecule has 0 radical (unpaired) electrons. The third kappa shape index (κ3) is 3.61. The number of carboxylic acids is 1. The minimum Gasteiger partial charge on any atom is -0.480 e. The molecular weight excluding hydrogens is 313 g/mol. The van der Waals surface area contributed by atoms with Crippen LogP contribution in [0.2, 0.25) is 0 Å². The van der Waals surface area contributed by atoms with E-state index in [1.54, 1.807) is 19.2 Å². The second kappa shape index (κ2) is 6.43. The molecule has 6 nitrogen and oxygen atoms in total. The monoisotopic (exact) mass is 331 g/mol. The Hall–Kier alpha value is -2.70. The number of rotatable bonds is 6. The van der Waals surface area contributed by atoms with E-state index in [1.165, 1.54) is 22.9 Å². The maximum atomic E-state index is 13.2. The summed E-state index contributed by atoms with van der Waals surface area (Å²) in [5, 5.41) is 15.9. The molecule has 1 fully saturated rings. The normalized spacial score (nSPS) is 15.1. The summed E-state index contributed by atoms with van der Waals surface area (Å²) >= 11 is 0. The van der Waals surface area contributed by atoms with Crippen molar-refractivity contribution in [1.29, 1.82) is 0 Å². The Morgan fingerprint density at radius 3 is 2.79 bits per heavy atom. The predicted molar refractivity (Wildman–Crippen MR) is 84.5 cm³/mol. The summed E-state index contributed by atoms with van der Waals surface area (Å²) in [7, 11) is 0. The lowest BCUT2D eigenvalue weighted by atomic mass is 10.1. The van der Waals surface area contributed by atoms with E-state index in [1.807, 2.05) is 0 Å². The van der Waals surface area contributed by atoms with Gasteiger partial charge in [-0.05, 0) is 49.1 Å². The van der Waals surface area contributed by atoms with E-state index in [0.29, 0.717) is 23.6 Å². The van der Waals surface area contributed by atoms with Gasteiger partial charge < -0.3 is 10.4 Å². The van der Waals surface area contributed by atoms with E-state index in [4.69, 9.17) is 0 Å². The van der Waals surface area contributed by atoms with Gasteiger partial charge >= 0.3 is 5.97 Å². The molecule has 1 heterocycles. The first kappa shape index (κ1) is 16.2. The summed E-state index contributed by atoms with van der Waals surface area (Å²) in [5.41, 5.74) is 1.46. The maximum absolute atomic E-state index is 13.2. The molecule has 2 aromatic rings. The van der Waals surface area contributed by atoms with Gasteiger partial charge in [0.05, 0.1) is 5.69 Å². The van der Waals surface area contributed by atoms with Crippen LogP contribution in [0.5, 0.6) is 0 Å². The number of carbonyl (C=O) groups is 2. The molecule has 1 unspecified atom stereocenters. The third-order valence-electron chi connectivity index (χ3n) is 4.10. The van der Waals surface area contributed by atoms with Gasteiger partial charge in [-0.15, -0.1) is 0 Å². The number of amides is 1. The molecule has 1 atom stereocenters. The average molecular weight is 331 g/mol. The van der Waals surface area contributed by atoms with Crippen LogP contribution in [-0.4, -0.2) is 32.8 Å². The molecule has 1 aliphatic rings. The van der Waals surface area contributed by atoms with Crippen molar-refractivity contribution >= 4 is 11.9 Å². The van der Waals surface area contributed by atoms with Crippen molar-refractivity contribution in [3.8, 4) is 5.69 Å². The number of aliphatic carboxylic acids is 1. The van der Waals surface area contributed by atoms with E-state index in [2.05, 4.69) is 10.4 Å². The quantitative estimate of drug-likeness (QED) is 0.851. The highest BCUT2D eigenvalue weighted by atomic mass is 19.1. The smallest absolute Gasteiger partial charge is 0.326 e. The van der Waals surface area contributed by atoms with E-state index >= 15 is 0 Å². The molecule has 0 spiro atoms. The number of nitrogens with one attached hydrogen (secondary N) is 1. The van der Waals surface area contributed by atoms with Gasteiger partial charge in [-0.2, -0.15) is 5.10 Å². The molecule has 7 heteroatoms. The molecule has 1 saturated carbocycles. The molecular formula is C17H18FN3O3. The van der Waals surface area contributed by atoms with Gasteiger partial charge in [-0.25, -0.2) is 13.9 Å². The lowest BCUT2D eigenvalue weighted by Gasteiger charge is -2.13. The van der Waals surface area contributed by atoms with Crippen LogP contribution >= 0.6 is 0 Å². The number of carbonyl (C=O) groups excluding carboxylic acids is 1. The van der Waals surface area contributed by atoms with Gasteiger partial charge in [0.2, 0.25) is 0 Å². The highest BCUT2D eigenvalue weighted by Crippen LogP contribution is 2.33. The molecule has 2 N–H and O–H groups in total. The lowest BCUT2D eigenvalue weighted by molar-refractivity contribution is -0.139. The fraction of sp³-hybridized carbons (Fsp3) is 0.353. The highest BCUT2D eigenvalue weighted by molar-refractivity contribution is 5.94. The number of hydrogen-bond acceptors (Lipinski definition) is 3. The van der Waals surface area contributed by atoms with Gasteiger partial charge in [0.15, 0.2) is 5.69 Å². The molecule has 1 aromatic carbocycles. The van der Waals surface area contributed by atoms with Gasteiger partial charge in [0.25, 0.3) is 5.91 Å². The molecule has 1 aromatic heterocycles.